The molecule has 11 nitrogen and oxygen atoms in total. The van der Waals surface area contributed by atoms with Crippen LogP contribution in [0.5, 0.6) is 0 Å². The zero-order valence-corrected chi connectivity index (χ0v) is 51.2. The molecule has 80 heavy (non-hydrogen) atoms. The van der Waals surface area contributed by atoms with Gasteiger partial charge in [-0.2, -0.15) is 0 Å². The molecule has 0 saturated carbocycles. The molecule has 0 bridgehead atoms. The fourth-order valence-corrected chi connectivity index (χ4v) is 9.78. The smallest absolute Gasteiger partial charge is 0.306 e. The maximum absolute atomic E-state index is 13.4. The van der Waals surface area contributed by atoms with Gasteiger partial charge in [-0.25, -0.2) is 0 Å². The van der Waals surface area contributed by atoms with E-state index in [1.807, 2.05) is 6.08 Å². The number of amides is 1. The van der Waals surface area contributed by atoms with Crippen LogP contribution in [0.2, 0.25) is 0 Å². The predicted molar refractivity (Wildman–Crippen MR) is 333 cm³/mol. The lowest BCUT2D eigenvalue weighted by atomic mass is 9.99. The monoisotopic (exact) mass is 1120 g/mol. The molecule has 1 fully saturated rings. The number of carbonyl (C=O) groups excluding carboxylic acids is 2. The number of esters is 1. The summed E-state index contributed by atoms with van der Waals surface area (Å²) in [7, 11) is 0. The van der Waals surface area contributed by atoms with Gasteiger partial charge in [0.15, 0.2) is 12.4 Å². The second-order valence-corrected chi connectivity index (χ2v) is 22.5. The average molecular weight is 1120 g/mol. The van der Waals surface area contributed by atoms with Crippen LogP contribution in [0.1, 0.15) is 278 Å². The molecule has 0 aromatic carbocycles. The van der Waals surface area contributed by atoms with Gasteiger partial charge in [0.1, 0.15) is 24.4 Å². The molecule has 1 rings (SSSR count). The summed E-state index contributed by atoms with van der Waals surface area (Å²) in [6, 6.07) is -1.03. The molecule has 11 heteroatoms. The standard InChI is InChI=1S/C69H121NO10/c1-4-7-10-13-16-19-22-25-27-29-31-32-33-35-37-39-42-45-48-51-54-57-64(74)80-67-66(76)65(75)63(58-71)79-69(67)78-59-60(61(72)55-52-49-46-43-40-24-21-18-15-12-9-6-3)70-68(77)62(73)56-53-50-47-44-41-38-36-34-30-28-26-23-20-17-14-11-8-5-2/h16-17,19-20,25-28,31-32,35,37,52,55,60-63,65-67,69,71-73,75-76H,4-15,18,21-24,29-30,33-34,36,38-51,53-54,56-59H2,1-3H3,(H,70,77)/b19-16-,20-17-,27-25-,28-26-,32-31-,37-35-,55-52+. The summed E-state index contributed by atoms with van der Waals surface area (Å²) < 4.78 is 17.6. The average Bonchev–Trinajstić information content (AvgIpc) is 3.45. The van der Waals surface area contributed by atoms with Crippen molar-refractivity contribution in [1.82, 2.24) is 5.32 Å². The highest BCUT2D eigenvalue weighted by atomic mass is 16.7. The normalized spacial score (nSPS) is 19.3. The summed E-state index contributed by atoms with van der Waals surface area (Å²) in [6.07, 6.45) is 63.2. The summed E-state index contributed by atoms with van der Waals surface area (Å²) in [6.45, 7) is 5.73. The number of unbranched alkanes of at least 4 members (excludes halogenated alkanes) is 29. The highest BCUT2D eigenvalue weighted by Gasteiger charge is 2.47. The van der Waals surface area contributed by atoms with Crippen LogP contribution in [0.15, 0.2) is 85.1 Å². The third-order valence-electron chi connectivity index (χ3n) is 15.0. The van der Waals surface area contributed by atoms with Gasteiger partial charge in [-0.05, 0) is 103 Å². The molecule has 462 valence electrons. The van der Waals surface area contributed by atoms with Crippen molar-refractivity contribution in [2.45, 2.75) is 327 Å². The lowest BCUT2D eigenvalue weighted by molar-refractivity contribution is -0.305. The largest absolute Gasteiger partial charge is 0.454 e. The van der Waals surface area contributed by atoms with Crippen molar-refractivity contribution < 1.29 is 49.3 Å². The lowest BCUT2D eigenvalue weighted by Gasteiger charge is -2.41. The molecule has 6 N–H and O–H groups in total. The van der Waals surface area contributed by atoms with E-state index in [9.17, 15) is 35.1 Å². The minimum Gasteiger partial charge on any atom is -0.454 e. The maximum atomic E-state index is 13.4. The molecule has 0 aromatic rings. The van der Waals surface area contributed by atoms with E-state index in [0.717, 1.165) is 103 Å². The number of aliphatic hydroxyl groups excluding tert-OH is 5. The van der Waals surface area contributed by atoms with E-state index in [0.29, 0.717) is 12.8 Å². The molecule has 0 aliphatic carbocycles. The molecule has 0 spiro atoms. The number of ether oxygens (including phenoxy) is 3. The third-order valence-corrected chi connectivity index (χ3v) is 15.0. The van der Waals surface area contributed by atoms with Gasteiger partial charge in [-0.1, -0.05) is 254 Å². The van der Waals surface area contributed by atoms with E-state index in [2.05, 4.69) is 99.0 Å². The number of allylic oxidation sites excluding steroid dienone is 13. The zero-order chi connectivity index (χ0) is 58.2. The van der Waals surface area contributed by atoms with Gasteiger partial charge in [0.05, 0.1) is 25.4 Å². The second kappa shape index (κ2) is 56.3. The summed E-state index contributed by atoms with van der Waals surface area (Å²) in [5, 5.41) is 57.1. The van der Waals surface area contributed by atoms with Gasteiger partial charge in [0.2, 0.25) is 5.91 Å². The highest BCUT2D eigenvalue weighted by Crippen LogP contribution is 2.26. The summed E-state index contributed by atoms with van der Waals surface area (Å²) >= 11 is 0. The van der Waals surface area contributed by atoms with Gasteiger partial charge >= 0.3 is 5.97 Å². The first kappa shape index (κ1) is 74.9. The van der Waals surface area contributed by atoms with Crippen LogP contribution in [0.25, 0.3) is 0 Å². The summed E-state index contributed by atoms with van der Waals surface area (Å²) in [4.78, 5) is 26.6. The van der Waals surface area contributed by atoms with E-state index in [4.69, 9.17) is 14.2 Å². The Hall–Kier alpha value is -3.16. The van der Waals surface area contributed by atoms with Crippen LogP contribution in [-0.2, 0) is 23.8 Å². The van der Waals surface area contributed by atoms with Crippen LogP contribution in [0.4, 0.5) is 0 Å². The topological polar surface area (TPSA) is 175 Å². The van der Waals surface area contributed by atoms with Crippen molar-refractivity contribution in [3.05, 3.63) is 85.1 Å². The number of hydrogen-bond acceptors (Lipinski definition) is 10. The van der Waals surface area contributed by atoms with Crippen molar-refractivity contribution in [2.75, 3.05) is 13.2 Å². The Balaban J connectivity index is 2.66. The molecular formula is C69H121NO10. The van der Waals surface area contributed by atoms with Crippen molar-refractivity contribution in [2.24, 2.45) is 0 Å². The van der Waals surface area contributed by atoms with Gasteiger partial charge in [-0.3, -0.25) is 9.59 Å². The SMILES string of the molecule is CCCCC/C=C\C/C=C\C/C=C\C/C=C\CCCCCCCC(=O)OC1C(OCC(NC(=O)C(O)CCCCCCCCCC/C=C\C/C=C\CCCCC)C(O)/C=C/CCCCCCCCCCCC)OC(CO)C(O)C1O. The molecule has 1 saturated heterocycles. The molecule has 8 unspecified atom stereocenters. The molecule has 1 heterocycles. The number of hydrogen-bond donors (Lipinski definition) is 6. The summed E-state index contributed by atoms with van der Waals surface area (Å²) in [5.74, 6) is -1.22. The Morgan fingerprint density at radius 1 is 0.487 bits per heavy atom. The third kappa shape index (κ3) is 43.5. The van der Waals surface area contributed by atoms with E-state index < -0.39 is 67.4 Å². The highest BCUT2D eigenvalue weighted by molar-refractivity contribution is 5.80. The van der Waals surface area contributed by atoms with E-state index in [1.165, 1.54) is 128 Å². The Morgan fingerprint density at radius 2 is 0.863 bits per heavy atom. The Bertz CT molecular complexity index is 1620. The minimum atomic E-state index is -1.63. The first-order chi connectivity index (χ1) is 39.2. The van der Waals surface area contributed by atoms with Crippen molar-refractivity contribution >= 4 is 11.9 Å². The molecule has 1 aliphatic heterocycles. The van der Waals surface area contributed by atoms with Gasteiger partial charge in [0.25, 0.3) is 0 Å². The first-order valence-electron chi connectivity index (χ1n) is 32.9. The van der Waals surface area contributed by atoms with Crippen molar-refractivity contribution in [3.63, 3.8) is 0 Å². The van der Waals surface area contributed by atoms with E-state index in [1.54, 1.807) is 6.08 Å². The van der Waals surface area contributed by atoms with Crippen LogP contribution in [-0.4, -0.2) is 99.6 Å². The van der Waals surface area contributed by atoms with E-state index in [-0.39, 0.29) is 19.4 Å². The Morgan fingerprint density at radius 3 is 1.31 bits per heavy atom. The van der Waals surface area contributed by atoms with Crippen molar-refractivity contribution in [3.8, 4) is 0 Å². The predicted octanol–water partition coefficient (Wildman–Crippen LogP) is 16.1. The molecule has 0 aromatic heterocycles. The van der Waals surface area contributed by atoms with Crippen LogP contribution in [0.3, 0.4) is 0 Å². The second-order valence-electron chi connectivity index (χ2n) is 22.5. The van der Waals surface area contributed by atoms with Gasteiger partial charge in [0, 0.05) is 6.42 Å². The quantitative estimate of drug-likeness (QED) is 0.0195. The molecule has 0 radical (unpaired) electrons. The van der Waals surface area contributed by atoms with Gasteiger partial charge < -0.3 is 45.1 Å². The fraction of sp³-hybridized carbons (Fsp3) is 0.768. The molecule has 1 amide bonds. The minimum absolute atomic E-state index is 0.0989. The number of nitrogens with one attached hydrogen (secondary N) is 1. The van der Waals surface area contributed by atoms with Crippen LogP contribution < -0.4 is 5.32 Å². The van der Waals surface area contributed by atoms with Crippen molar-refractivity contribution in [1.29, 1.82) is 0 Å². The van der Waals surface area contributed by atoms with E-state index >= 15 is 0 Å². The molecule has 8 atom stereocenters. The molecule has 1 aliphatic rings. The zero-order valence-electron chi connectivity index (χ0n) is 51.2. The first-order valence-corrected chi connectivity index (χ1v) is 32.9. The Labute approximate surface area is 489 Å². The Kier molecular flexibility index (Phi) is 52.7. The number of rotatable bonds is 55. The number of aliphatic hydroxyl groups is 5. The van der Waals surface area contributed by atoms with Crippen LogP contribution in [0, 0.1) is 0 Å². The molecular weight excluding hydrogens is 1000 g/mol. The van der Waals surface area contributed by atoms with Gasteiger partial charge in [-0.15, -0.1) is 0 Å². The summed E-state index contributed by atoms with van der Waals surface area (Å²) in [5.41, 5.74) is 0. The number of carbonyl (C=O) groups is 2. The fourth-order valence-electron chi connectivity index (χ4n) is 9.78. The lowest BCUT2D eigenvalue weighted by Crippen LogP contribution is -2.61. The van der Waals surface area contributed by atoms with Crippen LogP contribution >= 0.6 is 0 Å². The maximum Gasteiger partial charge on any atom is 0.306 e.